The first-order valence-electron chi connectivity index (χ1n) is 7.72. The van der Waals surface area contributed by atoms with E-state index in [-0.39, 0.29) is 23.7 Å². The Morgan fingerprint density at radius 1 is 1.52 bits per heavy atom. The second-order valence-corrected chi connectivity index (χ2v) is 6.36. The Kier molecular flexibility index (Phi) is 6.06. The van der Waals surface area contributed by atoms with E-state index in [0.29, 0.717) is 5.69 Å². The summed E-state index contributed by atoms with van der Waals surface area (Å²) >= 11 is 6.06. The number of aliphatic hydroxyl groups is 1. The van der Waals surface area contributed by atoms with Crippen LogP contribution in [0, 0.1) is 11.8 Å². The van der Waals surface area contributed by atoms with E-state index < -0.39 is 0 Å². The molecular weight excluding hydrogens is 290 g/mol. The number of anilines is 1. The molecule has 0 aliphatic heterocycles. The van der Waals surface area contributed by atoms with Crippen LogP contribution in [0.2, 0.25) is 5.02 Å². The molecule has 0 aromatic carbocycles. The largest absolute Gasteiger partial charge is 0.394 e. The molecule has 1 aliphatic rings. The van der Waals surface area contributed by atoms with Gasteiger partial charge in [0, 0.05) is 6.54 Å². The predicted octanol–water partition coefficient (Wildman–Crippen LogP) is 2.52. The van der Waals surface area contributed by atoms with E-state index in [4.69, 9.17) is 16.7 Å². The van der Waals surface area contributed by atoms with E-state index in [9.17, 15) is 4.79 Å². The molecule has 0 radical (unpaired) electrons. The van der Waals surface area contributed by atoms with Crippen molar-refractivity contribution in [3.63, 3.8) is 0 Å². The number of nitrogens with one attached hydrogen (secondary N) is 1. The quantitative estimate of drug-likeness (QED) is 0.847. The molecule has 0 amide bonds. The molecular formula is C15H24ClN3O2. The highest BCUT2D eigenvalue weighted by molar-refractivity contribution is 6.32. The summed E-state index contributed by atoms with van der Waals surface area (Å²) in [6, 6.07) is 0. The zero-order valence-electron chi connectivity index (χ0n) is 12.5. The second-order valence-electron chi connectivity index (χ2n) is 5.98. The van der Waals surface area contributed by atoms with Gasteiger partial charge in [0.2, 0.25) is 0 Å². The van der Waals surface area contributed by atoms with Crippen molar-refractivity contribution < 1.29 is 5.11 Å². The van der Waals surface area contributed by atoms with Crippen molar-refractivity contribution >= 4 is 17.3 Å². The first kappa shape index (κ1) is 16.3. The highest BCUT2D eigenvalue weighted by Crippen LogP contribution is 2.30. The van der Waals surface area contributed by atoms with Gasteiger partial charge in [0.15, 0.2) is 0 Å². The van der Waals surface area contributed by atoms with Gasteiger partial charge in [-0.05, 0) is 24.7 Å². The van der Waals surface area contributed by atoms with Crippen LogP contribution in [0.1, 0.15) is 39.0 Å². The highest BCUT2D eigenvalue weighted by Gasteiger charge is 2.18. The van der Waals surface area contributed by atoms with Crippen LogP contribution < -0.4 is 10.9 Å². The van der Waals surface area contributed by atoms with E-state index in [1.54, 1.807) is 6.20 Å². The molecule has 1 saturated carbocycles. The number of aliphatic hydroxyl groups excluding tert-OH is 1. The Labute approximate surface area is 130 Å². The molecule has 0 bridgehead atoms. The third kappa shape index (κ3) is 4.45. The van der Waals surface area contributed by atoms with Crippen LogP contribution >= 0.6 is 11.6 Å². The number of aromatic nitrogens is 2. The summed E-state index contributed by atoms with van der Waals surface area (Å²) < 4.78 is 1.18. The van der Waals surface area contributed by atoms with E-state index in [1.165, 1.54) is 30.4 Å². The Morgan fingerprint density at radius 2 is 2.33 bits per heavy atom. The van der Waals surface area contributed by atoms with Gasteiger partial charge in [-0.25, -0.2) is 4.68 Å². The summed E-state index contributed by atoms with van der Waals surface area (Å²) in [5.41, 5.74) is 0.224. The van der Waals surface area contributed by atoms with Crippen molar-refractivity contribution in [3.8, 4) is 0 Å². The third-order valence-electron chi connectivity index (χ3n) is 4.21. The zero-order chi connectivity index (χ0) is 15.2. The topological polar surface area (TPSA) is 67.2 Å². The minimum Gasteiger partial charge on any atom is -0.394 e. The molecule has 0 spiro atoms. The van der Waals surface area contributed by atoms with Gasteiger partial charge in [0.25, 0.3) is 5.56 Å². The Balaban J connectivity index is 1.88. The van der Waals surface area contributed by atoms with Crippen molar-refractivity contribution in [2.45, 2.75) is 45.6 Å². The first-order chi connectivity index (χ1) is 10.1. The van der Waals surface area contributed by atoms with Gasteiger partial charge < -0.3 is 10.4 Å². The average Bonchev–Trinajstić information content (AvgIpc) is 2.47. The molecule has 1 aromatic heterocycles. The van der Waals surface area contributed by atoms with Crippen LogP contribution in [0.4, 0.5) is 5.69 Å². The van der Waals surface area contributed by atoms with Gasteiger partial charge in [0.1, 0.15) is 5.02 Å². The molecule has 118 valence electrons. The van der Waals surface area contributed by atoms with Crippen LogP contribution in [-0.2, 0) is 6.54 Å². The summed E-state index contributed by atoms with van der Waals surface area (Å²) in [5.74, 6) is 1.60. The highest BCUT2D eigenvalue weighted by atomic mass is 35.5. The molecule has 0 saturated heterocycles. The molecule has 2 atom stereocenters. The van der Waals surface area contributed by atoms with E-state index >= 15 is 0 Å². The van der Waals surface area contributed by atoms with E-state index in [1.807, 2.05) is 0 Å². The summed E-state index contributed by atoms with van der Waals surface area (Å²) in [6.07, 6.45) is 7.93. The predicted molar refractivity (Wildman–Crippen MR) is 84.8 cm³/mol. The Bertz CT molecular complexity index is 518. The van der Waals surface area contributed by atoms with Crippen molar-refractivity contribution in [2.24, 2.45) is 11.8 Å². The van der Waals surface area contributed by atoms with Gasteiger partial charge >= 0.3 is 0 Å². The second kappa shape index (κ2) is 7.80. The summed E-state index contributed by atoms with van der Waals surface area (Å²) in [6.45, 7) is 3.16. The van der Waals surface area contributed by atoms with E-state index in [0.717, 1.165) is 24.8 Å². The fourth-order valence-corrected chi connectivity index (χ4v) is 3.29. The van der Waals surface area contributed by atoms with Crippen molar-refractivity contribution in [1.82, 2.24) is 9.78 Å². The van der Waals surface area contributed by atoms with Crippen molar-refractivity contribution in [2.75, 3.05) is 18.5 Å². The molecule has 2 N–H and O–H groups in total. The van der Waals surface area contributed by atoms with E-state index in [2.05, 4.69) is 17.3 Å². The Morgan fingerprint density at radius 3 is 3.05 bits per heavy atom. The molecule has 21 heavy (non-hydrogen) atoms. The van der Waals surface area contributed by atoms with Gasteiger partial charge in [-0.15, -0.1) is 0 Å². The number of hydrogen-bond acceptors (Lipinski definition) is 4. The van der Waals surface area contributed by atoms with Gasteiger partial charge in [0.05, 0.1) is 25.0 Å². The Hall–Kier alpha value is -1.07. The summed E-state index contributed by atoms with van der Waals surface area (Å²) in [5, 5.41) is 16.2. The zero-order valence-corrected chi connectivity index (χ0v) is 13.3. The van der Waals surface area contributed by atoms with Gasteiger partial charge in [-0.1, -0.05) is 37.8 Å². The maximum absolute atomic E-state index is 11.9. The maximum atomic E-state index is 11.9. The minimum atomic E-state index is -0.359. The van der Waals surface area contributed by atoms with Crippen LogP contribution in [0.15, 0.2) is 11.0 Å². The van der Waals surface area contributed by atoms with Crippen LogP contribution in [-0.4, -0.2) is 28.0 Å². The number of hydrogen-bond donors (Lipinski definition) is 2. The molecule has 6 heteroatoms. The SMILES string of the molecule is CC1CCCC(CCNc2cnn(CCO)c(=O)c2Cl)C1. The monoisotopic (exact) mass is 313 g/mol. The van der Waals surface area contributed by atoms with Crippen LogP contribution in [0.3, 0.4) is 0 Å². The van der Waals surface area contributed by atoms with Crippen molar-refractivity contribution in [1.29, 1.82) is 0 Å². The standard InChI is InChI=1S/C15H24ClN3O2/c1-11-3-2-4-12(9-11)5-6-17-13-10-18-19(7-8-20)15(21)14(13)16/h10-12,17,20H,2-9H2,1H3. The molecule has 1 aromatic rings. The lowest BCUT2D eigenvalue weighted by molar-refractivity contribution is 0.266. The third-order valence-corrected chi connectivity index (χ3v) is 4.57. The lowest BCUT2D eigenvalue weighted by atomic mass is 9.81. The number of nitrogens with zero attached hydrogens (tertiary/aromatic N) is 2. The average molecular weight is 314 g/mol. The summed E-state index contributed by atoms with van der Waals surface area (Å²) in [4.78, 5) is 11.9. The van der Waals surface area contributed by atoms with Crippen LogP contribution in [0.5, 0.6) is 0 Å². The normalized spacial score (nSPS) is 22.2. The number of halogens is 1. The minimum absolute atomic E-state index is 0.129. The fourth-order valence-electron chi connectivity index (χ4n) is 3.08. The van der Waals surface area contributed by atoms with Gasteiger partial charge in [-0.2, -0.15) is 5.10 Å². The maximum Gasteiger partial charge on any atom is 0.287 e. The fraction of sp³-hybridized carbons (Fsp3) is 0.733. The smallest absolute Gasteiger partial charge is 0.287 e. The number of rotatable bonds is 6. The summed E-state index contributed by atoms with van der Waals surface area (Å²) in [7, 11) is 0. The molecule has 1 fully saturated rings. The molecule has 5 nitrogen and oxygen atoms in total. The molecule has 1 heterocycles. The molecule has 2 unspecified atom stereocenters. The van der Waals surface area contributed by atoms with Crippen LogP contribution in [0.25, 0.3) is 0 Å². The first-order valence-corrected chi connectivity index (χ1v) is 8.10. The lowest BCUT2D eigenvalue weighted by Crippen LogP contribution is -2.26. The van der Waals surface area contributed by atoms with Gasteiger partial charge in [-0.3, -0.25) is 4.79 Å². The molecule has 2 rings (SSSR count). The van der Waals surface area contributed by atoms with Crippen molar-refractivity contribution in [3.05, 3.63) is 21.6 Å². The lowest BCUT2D eigenvalue weighted by Gasteiger charge is -2.26. The molecule has 1 aliphatic carbocycles.